The number of nitrogens with one attached hydrogen (secondary N) is 1. The smallest absolute Gasteiger partial charge is 0.261 e. The molecule has 32 heavy (non-hydrogen) atoms. The molecule has 0 radical (unpaired) electrons. The van der Waals surface area contributed by atoms with Crippen molar-refractivity contribution in [3.05, 3.63) is 58.1 Å². The maximum atomic E-state index is 13.3. The Balaban J connectivity index is 2.30. The van der Waals surface area contributed by atoms with Crippen LogP contribution in [-0.2, 0) is 16.1 Å². The van der Waals surface area contributed by atoms with Crippen LogP contribution >= 0.6 is 23.2 Å². The molecule has 174 valence electrons. The monoisotopic (exact) mass is 480 g/mol. The molecule has 6 nitrogen and oxygen atoms in total. The summed E-state index contributed by atoms with van der Waals surface area (Å²) in [6, 6.07) is 11.4. The number of ether oxygens (including phenoxy) is 2. The Hall–Kier alpha value is -2.44. The molecule has 0 unspecified atom stereocenters. The van der Waals surface area contributed by atoms with Gasteiger partial charge in [0.25, 0.3) is 5.91 Å². The van der Waals surface area contributed by atoms with Crippen LogP contribution < -0.4 is 14.8 Å². The van der Waals surface area contributed by atoms with Crippen molar-refractivity contribution in [2.24, 2.45) is 0 Å². The van der Waals surface area contributed by atoms with Crippen LogP contribution in [0.15, 0.2) is 42.5 Å². The number of methoxy groups -OCH3 is 1. The Morgan fingerprint density at radius 2 is 1.75 bits per heavy atom. The van der Waals surface area contributed by atoms with Gasteiger partial charge in [0, 0.05) is 22.1 Å². The zero-order valence-electron chi connectivity index (χ0n) is 19.1. The van der Waals surface area contributed by atoms with E-state index in [0.717, 1.165) is 0 Å². The van der Waals surface area contributed by atoms with E-state index in [1.807, 2.05) is 33.8 Å². The molecule has 1 atom stereocenters. The summed E-state index contributed by atoms with van der Waals surface area (Å²) in [6.45, 7) is 7.42. The number of hydrogen-bond donors (Lipinski definition) is 1. The Bertz CT molecular complexity index is 944. The molecule has 2 rings (SSSR count). The summed E-state index contributed by atoms with van der Waals surface area (Å²) in [7, 11) is 1.53. The predicted octanol–water partition coefficient (Wildman–Crippen LogP) is 5.10. The second-order valence-corrected chi connectivity index (χ2v) is 9.20. The first-order valence-corrected chi connectivity index (χ1v) is 11.1. The van der Waals surface area contributed by atoms with Crippen LogP contribution in [0.3, 0.4) is 0 Å². The number of carbonyl (C=O) groups is 2. The molecule has 0 aliphatic rings. The lowest BCUT2D eigenvalue weighted by Gasteiger charge is -2.33. The van der Waals surface area contributed by atoms with E-state index < -0.39 is 11.6 Å². The fourth-order valence-electron chi connectivity index (χ4n) is 3.17. The highest BCUT2D eigenvalue weighted by molar-refractivity contribution is 6.35. The van der Waals surface area contributed by atoms with E-state index in [2.05, 4.69) is 5.32 Å². The van der Waals surface area contributed by atoms with Gasteiger partial charge in [0.05, 0.1) is 7.11 Å². The minimum absolute atomic E-state index is 0.139. The van der Waals surface area contributed by atoms with Gasteiger partial charge in [0.1, 0.15) is 6.04 Å². The van der Waals surface area contributed by atoms with E-state index in [1.54, 1.807) is 36.4 Å². The molecule has 1 N–H and O–H groups in total. The molecule has 0 saturated heterocycles. The highest BCUT2D eigenvalue weighted by Gasteiger charge is 2.31. The van der Waals surface area contributed by atoms with Gasteiger partial charge in [-0.1, -0.05) is 48.3 Å². The van der Waals surface area contributed by atoms with Crippen molar-refractivity contribution in [2.45, 2.75) is 52.2 Å². The van der Waals surface area contributed by atoms with Crippen LogP contribution in [0.4, 0.5) is 0 Å². The van der Waals surface area contributed by atoms with Gasteiger partial charge >= 0.3 is 0 Å². The number of para-hydroxylation sites is 2. The number of carbonyl (C=O) groups excluding carboxylic acids is 2. The summed E-state index contributed by atoms with van der Waals surface area (Å²) in [4.78, 5) is 27.8. The van der Waals surface area contributed by atoms with Crippen molar-refractivity contribution in [3.63, 3.8) is 0 Å². The predicted molar refractivity (Wildman–Crippen MR) is 127 cm³/mol. The quantitative estimate of drug-likeness (QED) is 0.541. The van der Waals surface area contributed by atoms with Crippen molar-refractivity contribution >= 4 is 35.0 Å². The standard InChI is InChI=1S/C24H30Cl2N2O4/c1-6-19(23(30)27-24(2,3)4)28(14-16-11-12-17(25)13-18(16)26)22(29)15-32-21-10-8-7-9-20(21)31-5/h7-13,19H,6,14-15H2,1-5H3,(H,27,30)/t19-/m1/s1. The van der Waals surface area contributed by atoms with Gasteiger partial charge in [0.2, 0.25) is 5.91 Å². The molecule has 0 saturated carbocycles. The third kappa shape index (κ3) is 7.31. The fourth-order valence-corrected chi connectivity index (χ4v) is 3.63. The van der Waals surface area contributed by atoms with E-state index >= 15 is 0 Å². The van der Waals surface area contributed by atoms with Crippen LogP contribution in [-0.4, -0.2) is 42.0 Å². The SMILES string of the molecule is CC[C@H](C(=O)NC(C)(C)C)N(Cc1ccc(Cl)cc1Cl)C(=O)COc1ccccc1OC. The lowest BCUT2D eigenvalue weighted by Crippen LogP contribution is -2.54. The Morgan fingerprint density at radius 1 is 1.09 bits per heavy atom. The molecule has 0 bridgehead atoms. The Labute approximate surface area is 199 Å². The minimum atomic E-state index is -0.699. The number of benzene rings is 2. The van der Waals surface area contributed by atoms with E-state index in [9.17, 15) is 9.59 Å². The molecule has 2 amide bonds. The van der Waals surface area contributed by atoms with Crippen molar-refractivity contribution in [1.82, 2.24) is 10.2 Å². The van der Waals surface area contributed by atoms with Crippen LogP contribution in [0, 0.1) is 0 Å². The van der Waals surface area contributed by atoms with Gasteiger partial charge in [-0.15, -0.1) is 0 Å². The molecule has 8 heteroatoms. The van der Waals surface area contributed by atoms with Crippen molar-refractivity contribution in [1.29, 1.82) is 0 Å². The Kier molecular flexibility index (Phi) is 9.22. The van der Waals surface area contributed by atoms with E-state index in [1.165, 1.54) is 12.0 Å². The van der Waals surface area contributed by atoms with Crippen LogP contribution in [0.25, 0.3) is 0 Å². The lowest BCUT2D eigenvalue weighted by molar-refractivity contribution is -0.143. The largest absolute Gasteiger partial charge is 0.493 e. The summed E-state index contributed by atoms with van der Waals surface area (Å²) in [5.74, 6) is 0.374. The van der Waals surface area contributed by atoms with Crippen LogP contribution in [0.1, 0.15) is 39.7 Å². The topological polar surface area (TPSA) is 67.9 Å². The number of amides is 2. The van der Waals surface area contributed by atoms with Crippen molar-refractivity contribution in [2.75, 3.05) is 13.7 Å². The second kappa shape index (κ2) is 11.4. The average Bonchev–Trinajstić information content (AvgIpc) is 2.72. The highest BCUT2D eigenvalue weighted by atomic mass is 35.5. The van der Waals surface area contributed by atoms with Crippen molar-refractivity contribution < 1.29 is 19.1 Å². The molecular formula is C24H30Cl2N2O4. The first-order chi connectivity index (χ1) is 15.1. The van der Waals surface area contributed by atoms with Gasteiger partial charge < -0.3 is 19.7 Å². The average molecular weight is 481 g/mol. The molecule has 0 heterocycles. The van der Waals surface area contributed by atoms with E-state index in [0.29, 0.717) is 33.5 Å². The van der Waals surface area contributed by atoms with Gasteiger partial charge in [-0.3, -0.25) is 9.59 Å². The molecule has 2 aromatic carbocycles. The zero-order valence-corrected chi connectivity index (χ0v) is 20.6. The summed E-state index contributed by atoms with van der Waals surface area (Å²) >= 11 is 12.4. The molecule has 0 aliphatic carbocycles. The van der Waals surface area contributed by atoms with Gasteiger partial charge in [-0.25, -0.2) is 0 Å². The Morgan fingerprint density at radius 3 is 2.31 bits per heavy atom. The van der Waals surface area contributed by atoms with Crippen LogP contribution in [0.2, 0.25) is 10.0 Å². The first kappa shape index (κ1) is 25.8. The summed E-state index contributed by atoms with van der Waals surface area (Å²) < 4.78 is 11.0. The third-order valence-electron chi connectivity index (χ3n) is 4.66. The summed E-state index contributed by atoms with van der Waals surface area (Å²) in [5, 5.41) is 3.88. The van der Waals surface area contributed by atoms with Gasteiger partial charge in [-0.2, -0.15) is 0 Å². The molecule has 0 spiro atoms. The molecular weight excluding hydrogens is 451 g/mol. The number of rotatable bonds is 9. The number of halogens is 2. The van der Waals surface area contributed by atoms with Gasteiger partial charge in [-0.05, 0) is 57.0 Å². The minimum Gasteiger partial charge on any atom is -0.493 e. The maximum Gasteiger partial charge on any atom is 0.261 e. The molecule has 0 aliphatic heterocycles. The molecule has 0 aromatic heterocycles. The maximum absolute atomic E-state index is 13.3. The second-order valence-electron chi connectivity index (χ2n) is 8.36. The van der Waals surface area contributed by atoms with Gasteiger partial charge in [0.15, 0.2) is 18.1 Å². The lowest BCUT2D eigenvalue weighted by atomic mass is 10.1. The third-order valence-corrected chi connectivity index (χ3v) is 5.25. The molecule has 2 aromatic rings. The number of nitrogens with zero attached hydrogens (tertiary/aromatic N) is 1. The first-order valence-electron chi connectivity index (χ1n) is 10.4. The highest BCUT2D eigenvalue weighted by Crippen LogP contribution is 2.27. The van der Waals surface area contributed by atoms with E-state index in [4.69, 9.17) is 32.7 Å². The van der Waals surface area contributed by atoms with Crippen LogP contribution in [0.5, 0.6) is 11.5 Å². The summed E-state index contributed by atoms with van der Waals surface area (Å²) in [6.07, 6.45) is 0.424. The normalized spacial score (nSPS) is 12.1. The number of hydrogen-bond acceptors (Lipinski definition) is 4. The molecule has 0 fully saturated rings. The van der Waals surface area contributed by atoms with Crippen molar-refractivity contribution in [3.8, 4) is 11.5 Å². The van der Waals surface area contributed by atoms with E-state index in [-0.39, 0.29) is 25.0 Å². The zero-order chi connectivity index (χ0) is 23.9. The fraction of sp³-hybridized carbons (Fsp3) is 0.417. The summed E-state index contributed by atoms with van der Waals surface area (Å²) in [5.41, 5.74) is 0.245.